The Labute approximate surface area is 119 Å². The summed E-state index contributed by atoms with van der Waals surface area (Å²) in [6.07, 6.45) is 1.12. The van der Waals surface area contributed by atoms with Crippen molar-refractivity contribution in [2.45, 2.75) is 47.0 Å². The quantitative estimate of drug-likeness (QED) is 0.841. The molecule has 0 saturated heterocycles. The number of anilines is 1. The SMILES string of the molecule is Cc1ccc(C(C)C)cc1N(C)CCC(C)(C)CN. The Kier molecular flexibility index (Phi) is 5.42. The molecule has 1 rings (SSSR count). The summed E-state index contributed by atoms with van der Waals surface area (Å²) in [5.74, 6) is 0.577. The van der Waals surface area contributed by atoms with Crippen LogP contribution in [0.1, 0.15) is 51.2 Å². The van der Waals surface area contributed by atoms with E-state index in [0.29, 0.717) is 5.92 Å². The lowest BCUT2D eigenvalue weighted by molar-refractivity contribution is 0.351. The van der Waals surface area contributed by atoms with Gasteiger partial charge >= 0.3 is 0 Å². The summed E-state index contributed by atoms with van der Waals surface area (Å²) in [6, 6.07) is 6.80. The average molecular weight is 262 g/mol. The summed E-state index contributed by atoms with van der Waals surface area (Å²) in [7, 11) is 2.18. The van der Waals surface area contributed by atoms with Crippen LogP contribution in [0.4, 0.5) is 5.69 Å². The first-order valence-electron chi connectivity index (χ1n) is 7.28. The first-order chi connectivity index (χ1) is 8.76. The summed E-state index contributed by atoms with van der Waals surface area (Å²) in [6.45, 7) is 12.9. The minimum Gasteiger partial charge on any atom is -0.374 e. The number of hydrogen-bond donors (Lipinski definition) is 1. The fourth-order valence-corrected chi connectivity index (χ4v) is 2.09. The van der Waals surface area contributed by atoms with Crippen LogP contribution in [-0.2, 0) is 0 Å². The Balaban J connectivity index is 2.81. The monoisotopic (exact) mass is 262 g/mol. The van der Waals surface area contributed by atoms with Crippen molar-refractivity contribution in [3.8, 4) is 0 Å². The van der Waals surface area contributed by atoms with Gasteiger partial charge in [0.05, 0.1) is 0 Å². The molecular formula is C17H30N2. The summed E-state index contributed by atoms with van der Waals surface area (Å²) in [5.41, 5.74) is 10.1. The normalized spacial score (nSPS) is 12.0. The second-order valence-corrected chi connectivity index (χ2v) is 6.74. The lowest BCUT2D eigenvalue weighted by Gasteiger charge is -2.28. The van der Waals surface area contributed by atoms with E-state index in [9.17, 15) is 0 Å². The van der Waals surface area contributed by atoms with Crippen molar-refractivity contribution >= 4 is 5.69 Å². The van der Waals surface area contributed by atoms with Gasteiger partial charge in [-0.15, -0.1) is 0 Å². The standard InChI is InChI=1S/C17H30N2/c1-13(2)15-8-7-14(3)16(11-15)19(6)10-9-17(4,5)12-18/h7-8,11,13H,9-10,12,18H2,1-6H3. The molecule has 0 atom stereocenters. The Bertz CT molecular complexity index is 408. The summed E-state index contributed by atoms with van der Waals surface area (Å²) in [5, 5.41) is 0. The van der Waals surface area contributed by atoms with Crippen LogP contribution in [0.15, 0.2) is 18.2 Å². The number of aryl methyl sites for hydroxylation is 1. The summed E-state index contributed by atoms with van der Waals surface area (Å²) >= 11 is 0. The maximum absolute atomic E-state index is 5.81. The molecule has 0 fully saturated rings. The zero-order valence-electron chi connectivity index (χ0n) is 13.5. The van der Waals surface area contributed by atoms with Gasteiger partial charge < -0.3 is 10.6 Å². The van der Waals surface area contributed by atoms with E-state index in [1.165, 1.54) is 16.8 Å². The molecule has 0 radical (unpaired) electrons. The Morgan fingerprint density at radius 2 is 1.89 bits per heavy atom. The molecule has 0 heterocycles. The van der Waals surface area contributed by atoms with Crippen molar-refractivity contribution in [1.82, 2.24) is 0 Å². The first-order valence-corrected chi connectivity index (χ1v) is 7.28. The van der Waals surface area contributed by atoms with Gasteiger partial charge in [0, 0.05) is 19.3 Å². The van der Waals surface area contributed by atoms with E-state index in [1.807, 2.05) is 0 Å². The van der Waals surface area contributed by atoms with Gasteiger partial charge in [-0.2, -0.15) is 0 Å². The van der Waals surface area contributed by atoms with E-state index in [0.717, 1.165) is 19.5 Å². The molecule has 0 unspecified atom stereocenters. The van der Waals surface area contributed by atoms with Crippen LogP contribution in [0.5, 0.6) is 0 Å². The molecule has 0 amide bonds. The largest absolute Gasteiger partial charge is 0.374 e. The van der Waals surface area contributed by atoms with Gasteiger partial charge in [0.15, 0.2) is 0 Å². The third kappa shape index (κ3) is 4.54. The van der Waals surface area contributed by atoms with Crippen molar-refractivity contribution in [2.75, 3.05) is 25.0 Å². The van der Waals surface area contributed by atoms with Crippen LogP contribution in [0.2, 0.25) is 0 Å². The molecule has 0 aliphatic rings. The highest BCUT2D eigenvalue weighted by atomic mass is 15.1. The topological polar surface area (TPSA) is 29.3 Å². The van der Waals surface area contributed by atoms with Crippen molar-refractivity contribution in [2.24, 2.45) is 11.1 Å². The molecule has 0 saturated carbocycles. The fourth-order valence-electron chi connectivity index (χ4n) is 2.09. The second kappa shape index (κ2) is 6.42. The predicted octanol–water partition coefficient (Wildman–Crippen LogP) is 3.93. The van der Waals surface area contributed by atoms with Gasteiger partial charge in [-0.25, -0.2) is 0 Å². The van der Waals surface area contributed by atoms with Gasteiger partial charge in [0.2, 0.25) is 0 Å². The highest BCUT2D eigenvalue weighted by molar-refractivity contribution is 5.55. The molecule has 2 N–H and O–H groups in total. The Morgan fingerprint density at radius 3 is 2.42 bits per heavy atom. The van der Waals surface area contributed by atoms with Gasteiger partial charge in [-0.05, 0) is 48.4 Å². The molecule has 108 valence electrons. The minimum atomic E-state index is 0.220. The second-order valence-electron chi connectivity index (χ2n) is 6.74. The molecule has 19 heavy (non-hydrogen) atoms. The van der Waals surface area contributed by atoms with Gasteiger partial charge in [-0.1, -0.05) is 39.8 Å². The summed E-state index contributed by atoms with van der Waals surface area (Å²) < 4.78 is 0. The third-order valence-electron chi connectivity index (χ3n) is 3.99. The lowest BCUT2D eigenvalue weighted by atomic mass is 9.89. The van der Waals surface area contributed by atoms with Crippen molar-refractivity contribution in [3.05, 3.63) is 29.3 Å². The third-order valence-corrected chi connectivity index (χ3v) is 3.99. The highest BCUT2D eigenvalue weighted by Crippen LogP contribution is 2.26. The average Bonchev–Trinajstić information content (AvgIpc) is 2.36. The van der Waals surface area contributed by atoms with Crippen LogP contribution < -0.4 is 10.6 Å². The number of hydrogen-bond acceptors (Lipinski definition) is 2. The van der Waals surface area contributed by atoms with Crippen molar-refractivity contribution in [3.63, 3.8) is 0 Å². The molecule has 0 aliphatic carbocycles. The van der Waals surface area contributed by atoms with Gasteiger partial charge in [0.25, 0.3) is 0 Å². The van der Waals surface area contributed by atoms with Gasteiger partial charge in [-0.3, -0.25) is 0 Å². The highest BCUT2D eigenvalue weighted by Gasteiger charge is 2.17. The number of nitrogens with zero attached hydrogens (tertiary/aromatic N) is 1. The van der Waals surface area contributed by atoms with Crippen LogP contribution >= 0.6 is 0 Å². The van der Waals surface area contributed by atoms with Crippen LogP contribution in [-0.4, -0.2) is 20.1 Å². The van der Waals surface area contributed by atoms with Crippen molar-refractivity contribution in [1.29, 1.82) is 0 Å². The summed E-state index contributed by atoms with van der Waals surface area (Å²) in [4.78, 5) is 2.36. The van der Waals surface area contributed by atoms with E-state index >= 15 is 0 Å². The van der Waals surface area contributed by atoms with E-state index in [2.05, 4.69) is 64.8 Å². The molecule has 0 spiro atoms. The molecule has 0 aliphatic heterocycles. The molecule has 2 nitrogen and oxygen atoms in total. The minimum absolute atomic E-state index is 0.220. The maximum atomic E-state index is 5.81. The van der Waals surface area contributed by atoms with E-state index in [1.54, 1.807) is 0 Å². The fraction of sp³-hybridized carbons (Fsp3) is 0.647. The van der Waals surface area contributed by atoms with Gasteiger partial charge in [0.1, 0.15) is 0 Å². The van der Waals surface area contributed by atoms with E-state index < -0.39 is 0 Å². The zero-order valence-corrected chi connectivity index (χ0v) is 13.5. The molecular weight excluding hydrogens is 232 g/mol. The van der Waals surface area contributed by atoms with Crippen LogP contribution in [0.3, 0.4) is 0 Å². The Hall–Kier alpha value is -1.02. The number of rotatable bonds is 6. The van der Waals surface area contributed by atoms with E-state index in [-0.39, 0.29) is 5.41 Å². The first kappa shape index (κ1) is 16.0. The van der Waals surface area contributed by atoms with Crippen molar-refractivity contribution < 1.29 is 0 Å². The van der Waals surface area contributed by atoms with Crippen LogP contribution in [0, 0.1) is 12.3 Å². The lowest BCUT2D eigenvalue weighted by Crippen LogP contribution is -2.30. The molecule has 0 bridgehead atoms. The molecule has 0 aromatic heterocycles. The predicted molar refractivity (Wildman–Crippen MR) is 86.0 cm³/mol. The number of benzene rings is 1. The van der Waals surface area contributed by atoms with E-state index in [4.69, 9.17) is 5.73 Å². The molecule has 1 aromatic carbocycles. The number of nitrogens with two attached hydrogens (primary N) is 1. The maximum Gasteiger partial charge on any atom is 0.0396 e. The smallest absolute Gasteiger partial charge is 0.0396 e. The molecule has 1 aromatic rings. The Morgan fingerprint density at radius 1 is 1.26 bits per heavy atom. The molecule has 2 heteroatoms. The zero-order chi connectivity index (χ0) is 14.6. The van der Waals surface area contributed by atoms with Crippen LogP contribution in [0.25, 0.3) is 0 Å².